The maximum absolute atomic E-state index is 12.7. The average Bonchev–Trinajstić information content (AvgIpc) is 2.17. The van der Waals surface area contributed by atoms with Gasteiger partial charge in [0.25, 0.3) is 0 Å². The molecule has 0 aliphatic rings. The Bertz CT molecular complexity index is 626. The van der Waals surface area contributed by atoms with Crippen LogP contribution in [0.2, 0.25) is 0 Å². The van der Waals surface area contributed by atoms with Crippen molar-refractivity contribution in [3.05, 3.63) is 23.3 Å². The maximum Gasteiger partial charge on any atom is 0.241 e. The first kappa shape index (κ1) is 18.0. The number of hydrogen-bond acceptors (Lipinski definition) is 3. The molecule has 1 aromatic carbocycles. The van der Waals surface area contributed by atoms with Crippen molar-refractivity contribution in [3.8, 4) is 0 Å². The lowest BCUT2D eigenvalue weighted by Crippen LogP contribution is -2.45. The van der Waals surface area contributed by atoms with Crippen molar-refractivity contribution in [1.82, 2.24) is 4.72 Å². The Labute approximate surface area is 129 Å². The summed E-state index contributed by atoms with van der Waals surface area (Å²) in [5, 5.41) is 0. The van der Waals surface area contributed by atoms with Crippen molar-refractivity contribution >= 4 is 15.7 Å². The zero-order chi connectivity index (χ0) is 16.6. The van der Waals surface area contributed by atoms with E-state index < -0.39 is 15.6 Å². The van der Waals surface area contributed by atoms with Crippen molar-refractivity contribution in [2.24, 2.45) is 5.41 Å². The highest BCUT2D eigenvalue weighted by atomic mass is 32.2. The van der Waals surface area contributed by atoms with Crippen LogP contribution < -0.4 is 10.5 Å². The number of rotatable bonds is 4. The first-order chi connectivity index (χ1) is 9.23. The highest BCUT2D eigenvalue weighted by Crippen LogP contribution is 2.29. The molecule has 5 heteroatoms. The number of nitrogens with two attached hydrogens (primary N) is 1. The number of benzene rings is 1. The van der Waals surface area contributed by atoms with Crippen molar-refractivity contribution in [1.29, 1.82) is 0 Å². The Kier molecular flexibility index (Phi) is 4.81. The second-order valence-corrected chi connectivity index (χ2v) is 9.34. The van der Waals surface area contributed by atoms with E-state index in [2.05, 4.69) is 25.5 Å². The van der Waals surface area contributed by atoms with Gasteiger partial charge in [0.2, 0.25) is 10.0 Å². The summed E-state index contributed by atoms with van der Waals surface area (Å²) in [5.41, 5.74) is 7.39. The second-order valence-electron chi connectivity index (χ2n) is 7.69. The third-order valence-corrected chi connectivity index (χ3v) is 5.14. The van der Waals surface area contributed by atoms with E-state index >= 15 is 0 Å². The molecular formula is C16H28N2O2S. The van der Waals surface area contributed by atoms with Gasteiger partial charge in [0, 0.05) is 11.2 Å². The van der Waals surface area contributed by atoms with Crippen molar-refractivity contribution in [3.63, 3.8) is 0 Å². The zero-order valence-corrected chi connectivity index (χ0v) is 15.0. The Morgan fingerprint density at radius 2 is 1.62 bits per heavy atom. The minimum Gasteiger partial charge on any atom is -0.399 e. The Balaban J connectivity index is 3.19. The van der Waals surface area contributed by atoms with Gasteiger partial charge < -0.3 is 5.73 Å². The van der Waals surface area contributed by atoms with Crippen molar-refractivity contribution < 1.29 is 8.42 Å². The van der Waals surface area contributed by atoms with Gasteiger partial charge in [0.15, 0.2) is 0 Å². The molecule has 1 aromatic rings. The number of nitrogens with one attached hydrogen (secondary N) is 1. The second kappa shape index (κ2) is 5.61. The number of nitrogen functional groups attached to an aromatic ring is 1. The van der Waals surface area contributed by atoms with Crippen LogP contribution in [0.1, 0.15) is 52.2 Å². The molecule has 0 atom stereocenters. The smallest absolute Gasteiger partial charge is 0.241 e. The molecule has 3 N–H and O–H groups in total. The quantitative estimate of drug-likeness (QED) is 0.837. The van der Waals surface area contributed by atoms with Crippen LogP contribution in [0.3, 0.4) is 0 Å². The topological polar surface area (TPSA) is 72.2 Å². The fourth-order valence-electron chi connectivity index (χ4n) is 2.91. The standard InChI is InChI=1S/C16H28N2O2S/c1-11-8-13(17)9-14(12(11)2)21(19,20)18-16(6,7)10-15(3,4)5/h8-9,18H,10,17H2,1-7H3. The lowest BCUT2D eigenvalue weighted by atomic mass is 9.82. The Morgan fingerprint density at radius 1 is 1.10 bits per heavy atom. The van der Waals surface area contributed by atoms with Gasteiger partial charge in [-0.1, -0.05) is 20.8 Å². The molecule has 0 heterocycles. The summed E-state index contributed by atoms with van der Waals surface area (Å²) in [5.74, 6) is 0. The summed E-state index contributed by atoms with van der Waals surface area (Å²) in [4.78, 5) is 0.266. The van der Waals surface area contributed by atoms with E-state index in [0.717, 1.165) is 17.5 Å². The largest absolute Gasteiger partial charge is 0.399 e. The predicted octanol–water partition coefficient (Wildman–Crippen LogP) is 3.38. The predicted molar refractivity (Wildman–Crippen MR) is 88.8 cm³/mol. The van der Waals surface area contributed by atoms with Crippen molar-refractivity contribution in [2.45, 2.75) is 65.3 Å². The van der Waals surface area contributed by atoms with E-state index in [1.165, 1.54) is 6.07 Å². The molecule has 0 aliphatic heterocycles. The van der Waals surface area contributed by atoms with E-state index in [0.29, 0.717) is 5.69 Å². The number of anilines is 1. The van der Waals surface area contributed by atoms with Gasteiger partial charge >= 0.3 is 0 Å². The van der Waals surface area contributed by atoms with Gasteiger partial charge in [-0.2, -0.15) is 0 Å². The normalized spacial score (nSPS) is 13.5. The van der Waals surface area contributed by atoms with Crippen LogP contribution in [0.15, 0.2) is 17.0 Å². The van der Waals surface area contributed by atoms with E-state index in [1.807, 2.05) is 20.8 Å². The lowest BCUT2D eigenvalue weighted by Gasteiger charge is -2.33. The minimum atomic E-state index is -3.60. The van der Waals surface area contributed by atoms with Gasteiger partial charge in [0.1, 0.15) is 0 Å². The Morgan fingerprint density at radius 3 is 2.10 bits per heavy atom. The molecule has 120 valence electrons. The average molecular weight is 312 g/mol. The van der Waals surface area contributed by atoms with Gasteiger partial charge in [-0.05, 0) is 62.8 Å². The molecule has 21 heavy (non-hydrogen) atoms. The van der Waals surface area contributed by atoms with E-state index in [-0.39, 0.29) is 10.3 Å². The minimum absolute atomic E-state index is 0.0344. The van der Waals surface area contributed by atoms with Gasteiger partial charge in [-0.3, -0.25) is 0 Å². The first-order valence-electron chi connectivity index (χ1n) is 7.14. The molecule has 0 unspecified atom stereocenters. The number of aryl methyl sites for hydroxylation is 1. The van der Waals surface area contributed by atoms with E-state index in [9.17, 15) is 8.42 Å². The summed E-state index contributed by atoms with van der Waals surface area (Å²) in [6.45, 7) is 13.8. The molecular weight excluding hydrogens is 284 g/mol. The fourth-order valence-corrected chi connectivity index (χ4v) is 4.68. The van der Waals surface area contributed by atoms with E-state index in [4.69, 9.17) is 5.73 Å². The van der Waals surface area contributed by atoms with Crippen LogP contribution in [-0.4, -0.2) is 14.0 Å². The van der Waals surface area contributed by atoms with Crippen LogP contribution in [0.4, 0.5) is 5.69 Å². The molecule has 0 amide bonds. The van der Waals surface area contributed by atoms with Crippen LogP contribution in [0.5, 0.6) is 0 Å². The van der Waals surface area contributed by atoms with Gasteiger partial charge in [-0.15, -0.1) is 0 Å². The number of sulfonamides is 1. The molecule has 4 nitrogen and oxygen atoms in total. The zero-order valence-electron chi connectivity index (χ0n) is 14.2. The summed E-state index contributed by atoms with van der Waals surface area (Å²) in [6.07, 6.45) is 0.736. The molecule has 0 spiro atoms. The van der Waals surface area contributed by atoms with Crippen LogP contribution in [0.25, 0.3) is 0 Å². The molecule has 1 rings (SSSR count). The highest BCUT2D eigenvalue weighted by molar-refractivity contribution is 7.89. The monoisotopic (exact) mass is 312 g/mol. The van der Waals surface area contributed by atoms with Gasteiger partial charge in [-0.25, -0.2) is 13.1 Å². The molecule has 0 fully saturated rings. The fraction of sp³-hybridized carbons (Fsp3) is 0.625. The molecule has 0 aromatic heterocycles. The molecule has 0 radical (unpaired) electrons. The number of hydrogen-bond donors (Lipinski definition) is 2. The van der Waals surface area contributed by atoms with Crippen LogP contribution >= 0.6 is 0 Å². The first-order valence-corrected chi connectivity index (χ1v) is 8.63. The third-order valence-electron chi connectivity index (χ3n) is 3.31. The molecule has 0 aliphatic carbocycles. The van der Waals surface area contributed by atoms with Crippen LogP contribution in [-0.2, 0) is 10.0 Å². The van der Waals surface area contributed by atoms with Crippen LogP contribution in [0, 0.1) is 19.3 Å². The van der Waals surface area contributed by atoms with Gasteiger partial charge in [0.05, 0.1) is 4.90 Å². The summed E-state index contributed by atoms with van der Waals surface area (Å²) >= 11 is 0. The van der Waals surface area contributed by atoms with E-state index in [1.54, 1.807) is 13.0 Å². The summed E-state index contributed by atoms with van der Waals surface area (Å²) in [6, 6.07) is 3.31. The Hall–Kier alpha value is -1.07. The molecule has 0 saturated heterocycles. The molecule has 0 saturated carbocycles. The van der Waals surface area contributed by atoms with Crippen molar-refractivity contribution in [2.75, 3.05) is 5.73 Å². The lowest BCUT2D eigenvalue weighted by molar-refractivity contribution is 0.269. The summed E-state index contributed by atoms with van der Waals surface area (Å²) in [7, 11) is -3.60. The highest BCUT2D eigenvalue weighted by Gasteiger charge is 2.31. The molecule has 0 bridgehead atoms. The maximum atomic E-state index is 12.7. The third kappa shape index (κ3) is 5.00. The summed E-state index contributed by atoms with van der Waals surface area (Å²) < 4.78 is 28.2. The SMILES string of the molecule is Cc1cc(N)cc(S(=O)(=O)NC(C)(C)CC(C)(C)C)c1C.